The number of carbonyl (C=O) groups excluding carboxylic acids is 1. The molecule has 0 amide bonds. The van der Waals surface area contributed by atoms with E-state index in [4.69, 9.17) is 26.0 Å². The van der Waals surface area contributed by atoms with E-state index in [1.165, 1.54) is 0 Å². The minimum Gasteiger partial charge on any atom is -0.456 e. The van der Waals surface area contributed by atoms with Gasteiger partial charge in [-0.3, -0.25) is 4.79 Å². The lowest BCUT2D eigenvalue weighted by Gasteiger charge is -2.08. The van der Waals surface area contributed by atoms with E-state index in [0.29, 0.717) is 17.2 Å². The maximum atomic E-state index is 11.5. The Morgan fingerprint density at radius 2 is 2.14 bits per heavy atom. The van der Waals surface area contributed by atoms with Gasteiger partial charge in [-0.15, -0.1) is 0 Å². The lowest BCUT2D eigenvalue weighted by molar-refractivity contribution is -0.147. The number of rotatable bonds is 5. The van der Waals surface area contributed by atoms with Crippen LogP contribution in [0.15, 0.2) is 40.8 Å². The monoisotopic (exact) mass is 303 g/mol. The molecule has 1 aromatic heterocycles. The molecule has 0 spiro atoms. The average molecular weight is 304 g/mol. The maximum Gasteiger partial charge on any atom is 0.307 e. The fraction of sp³-hybridized carbons (Fsp3) is 0.250. The van der Waals surface area contributed by atoms with Crippen LogP contribution in [0.4, 0.5) is 0 Å². The van der Waals surface area contributed by atoms with Crippen molar-refractivity contribution >= 4 is 17.6 Å². The molecule has 0 saturated carbocycles. The quantitative estimate of drug-likeness (QED) is 0.762. The molecule has 1 aromatic carbocycles. The number of furan rings is 1. The number of benzene rings is 1. The lowest BCUT2D eigenvalue weighted by Crippen LogP contribution is -2.08. The summed E-state index contributed by atoms with van der Waals surface area (Å²) in [6.07, 6.45) is -0.101. The van der Waals surface area contributed by atoms with Crippen molar-refractivity contribution in [3.63, 3.8) is 0 Å². The molecule has 21 heavy (non-hydrogen) atoms. The Labute approximate surface area is 127 Å². The molecular weight excluding hydrogens is 290 g/mol. The number of nitrogens with zero attached hydrogens (tertiary/aromatic N) is 1. The van der Waals surface area contributed by atoms with Gasteiger partial charge in [-0.05, 0) is 30.7 Å². The number of halogens is 1. The van der Waals surface area contributed by atoms with Crippen LogP contribution in [0.1, 0.15) is 31.6 Å². The molecule has 0 N–H and O–H groups in total. The number of ether oxygens (including phenoxy) is 1. The van der Waals surface area contributed by atoms with Crippen LogP contribution < -0.4 is 0 Å². The first-order valence-electron chi connectivity index (χ1n) is 6.59. The Bertz CT molecular complexity index is 672. The summed E-state index contributed by atoms with van der Waals surface area (Å²) in [5.41, 5.74) is 0.724. The molecule has 0 aliphatic carbocycles. The largest absolute Gasteiger partial charge is 0.456 e. The second-order valence-electron chi connectivity index (χ2n) is 4.43. The fourth-order valence-electron chi connectivity index (χ4n) is 1.84. The third kappa shape index (κ3) is 3.65. The van der Waals surface area contributed by atoms with Gasteiger partial charge < -0.3 is 9.15 Å². The minimum absolute atomic E-state index is 0.274. The van der Waals surface area contributed by atoms with Crippen molar-refractivity contribution in [2.24, 2.45) is 0 Å². The van der Waals surface area contributed by atoms with Crippen molar-refractivity contribution in [3.8, 4) is 17.4 Å². The van der Waals surface area contributed by atoms with E-state index in [2.05, 4.69) is 0 Å². The molecule has 1 unspecified atom stereocenters. The molecule has 1 heterocycles. The summed E-state index contributed by atoms with van der Waals surface area (Å²) < 4.78 is 10.7. The minimum atomic E-state index is -1.04. The van der Waals surface area contributed by atoms with E-state index >= 15 is 0 Å². The van der Waals surface area contributed by atoms with Crippen LogP contribution in [0.2, 0.25) is 5.02 Å². The van der Waals surface area contributed by atoms with Crippen molar-refractivity contribution in [2.45, 2.75) is 25.9 Å². The van der Waals surface area contributed by atoms with Gasteiger partial charge in [0, 0.05) is 12.0 Å². The molecule has 108 valence electrons. The first kappa shape index (κ1) is 15.1. The molecule has 0 radical (unpaired) electrons. The molecule has 2 aromatic rings. The summed E-state index contributed by atoms with van der Waals surface area (Å²) in [5, 5.41) is 9.67. The lowest BCUT2D eigenvalue weighted by atomic mass is 10.2. The van der Waals surface area contributed by atoms with Crippen LogP contribution >= 0.6 is 11.6 Å². The third-order valence-electron chi connectivity index (χ3n) is 2.85. The van der Waals surface area contributed by atoms with Gasteiger partial charge in [-0.1, -0.05) is 30.7 Å². The van der Waals surface area contributed by atoms with Crippen LogP contribution in [-0.4, -0.2) is 5.97 Å². The van der Waals surface area contributed by atoms with Gasteiger partial charge in [-0.25, -0.2) is 0 Å². The third-order valence-corrected chi connectivity index (χ3v) is 3.17. The van der Waals surface area contributed by atoms with Gasteiger partial charge >= 0.3 is 5.97 Å². The van der Waals surface area contributed by atoms with Crippen molar-refractivity contribution in [1.29, 1.82) is 5.26 Å². The topological polar surface area (TPSA) is 63.2 Å². The van der Waals surface area contributed by atoms with Crippen LogP contribution in [0.25, 0.3) is 11.3 Å². The van der Waals surface area contributed by atoms with Crippen molar-refractivity contribution < 1.29 is 13.9 Å². The highest BCUT2D eigenvalue weighted by Gasteiger charge is 2.20. The molecule has 0 saturated heterocycles. The molecule has 2 rings (SSSR count). The zero-order valence-corrected chi connectivity index (χ0v) is 12.3. The second kappa shape index (κ2) is 6.96. The van der Waals surface area contributed by atoms with E-state index in [1.807, 2.05) is 31.2 Å². The second-order valence-corrected chi connectivity index (χ2v) is 4.84. The molecule has 5 heteroatoms. The SMILES string of the molecule is CCCC(=O)OC(C#N)c1ccc(-c2ccccc2Cl)o1. The zero-order chi connectivity index (χ0) is 15.2. The van der Waals surface area contributed by atoms with Crippen LogP contribution in [0.3, 0.4) is 0 Å². The molecule has 0 aliphatic heterocycles. The summed E-state index contributed by atoms with van der Waals surface area (Å²) in [6, 6.07) is 12.5. The molecule has 0 aliphatic rings. The van der Waals surface area contributed by atoms with Crippen molar-refractivity contribution in [1.82, 2.24) is 0 Å². The molecule has 0 fully saturated rings. The predicted octanol–water partition coefficient (Wildman–Crippen LogP) is 4.51. The van der Waals surface area contributed by atoms with Gasteiger partial charge in [0.1, 0.15) is 11.8 Å². The first-order chi connectivity index (χ1) is 10.2. The fourth-order valence-corrected chi connectivity index (χ4v) is 2.07. The number of hydrogen-bond donors (Lipinski definition) is 0. The predicted molar refractivity (Wildman–Crippen MR) is 78.5 cm³/mol. The van der Waals surface area contributed by atoms with Crippen LogP contribution in [-0.2, 0) is 9.53 Å². The standard InChI is InChI=1S/C16H14ClNO3/c1-2-5-16(19)21-15(10-18)14-9-8-13(20-14)11-6-3-4-7-12(11)17/h3-4,6-9,15H,2,5H2,1H3. The van der Waals surface area contributed by atoms with E-state index in [-0.39, 0.29) is 12.2 Å². The normalized spacial score (nSPS) is 11.7. The van der Waals surface area contributed by atoms with E-state index < -0.39 is 12.1 Å². The first-order valence-corrected chi connectivity index (χ1v) is 6.97. The van der Waals surface area contributed by atoms with Gasteiger partial charge in [-0.2, -0.15) is 5.26 Å². The number of carbonyl (C=O) groups is 1. The van der Waals surface area contributed by atoms with Crippen molar-refractivity contribution in [3.05, 3.63) is 47.2 Å². The number of esters is 1. The Kier molecular flexibility index (Phi) is 5.02. The molecule has 1 atom stereocenters. The summed E-state index contributed by atoms with van der Waals surface area (Å²) in [4.78, 5) is 11.5. The summed E-state index contributed by atoms with van der Waals surface area (Å²) in [5.74, 6) is 0.402. The highest BCUT2D eigenvalue weighted by molar-refractivity contribution is 6.33. The summed E-state index contributed by atoms with van der Waals surface area (Å²) in [7, 11) is 0. The van der Waals surface area contributed by atoms with Crippen LogP contribution in [0, 0.1) is 11.3 Å². The zero-order valence-electron chi connectivity index (χ0n) is 11.5. The number of hydrogen-bond acceptors (Lipinski definition) is 4. The van der Waals surface area contributed by atoms with E-state index in [1.54, 1.807) is 18.2 Å². The Morgan fingerprint density at radius 3 is 2.81 bits per heavy atom. The summed E-state index contributed by atoms with van der Waals surface area (Å²) >= 11 is 6.10. The Hall–Kier alpha value is -2.25. The highest BCUT2D eigenvalue weighted by atomic mass is 35.5. The van der Waals surface area contributed by atoms with Crippen molar-refractivity contribution in [2.75, 3.05) is 0 Å². The molecular formula is C16H14ClNO3. The van der Waals surface area contributed by atoms with Crippen LogP contribution in [0.5, 0.6) is 0 Å². The van der Waals surface area contributed by atoms with E-state index in [9.17, 15) is 4.79 Å². The summed E-state index contributed by atoms with van der Waals surface area (Å²) in [6.45, 7) is 1.87. The Balaban J connectivity index is 2.21. The van der Waals surface area contributed by atoms with E-state index in [0.717, 1.165) is 5.56 Å². The van der Waals surface area contributed by atoms with Gasteiger partial charge in [0.15, 0.2) is 5.76 Å². The molecule has 0 bridgehead atoms. The average Bonchev–Trinajstić information content (AvgIpc) is 2.95. The highest BCUT2D eigenvalue weighted by Crippen LogP contribution is 2.31. The van der Waals surface area contributed by atoms with Gasteiger partial charge in [0.25, 0.3) is 0 Å². The molecule has 4 nitrogen and oxygen atoms in total. The van der Waals surface area contributed by atoms with Gasteiger partial charge in [0.2, 0.25) is 6.10 Å². The number of nitriles is 1. The smallest absolute Gasteiger partial charge is 0.307 e. The van der Waals surface area contributed by atoms with Gasteiger partial charge in [0.05, 0.1) is 5.02 Å². The Morgan fingerprint density at radius 1 is 1.38 bits per heavy atom. The maximum absolute atomic E-state index is 11.5.